The lowest BCUT2D eigenvalue weighted by atomic mass is 10.1. The quantitative estimate of drug-likeness (QED) is 0.810. The van der Waals surface area contributed by atoms with Crippen molar-refractivity contribution in [2.45, 2.75) is 45.1 Å². The van der Waals surface area contributed by atoms with E-state index in [-0.39, 0.29) is 18.4 Å². The first-order valence-corrected chi connectivity index (χ1v) is 8.44. The molecule has 1 saturated carbocycles. The third-order valence-electron chi connectivity index (χ3n) is 3.66. The number of rotatable bonds is 6. The van der Waals surface area contributed by atoms with Gasteiger partial charge in [0.25, 0.3) is 0 Å². The molecule has 0 spiro atoms. The van der Waals surface area contributed by atoms with E-state index in [2.05, 4.69) is 12.2 Å². The number of sulfonamides is 1. The Morgan fingerprint density at radius 3 is 2.28 bits per heavy atom. The predicted molar refractivity (Wildman–Crippen MR) is 76.6 cm³/mol. The molecule has 0 atom stereocenters. The zero-order valence-electron chi connectivity index (χ0n) is 11.1. The highest BCUT2D eigenvalue weighted by molar-refractivity contribution is 7.89. The minimum Gasteiger partial charge on any atom is -0.317 e. The van der Waals surface area contributed by atoms with Crippen molar-refractivity contribution in [3.05, 3.63) is 0 Å². The van der Waals surface area contributed by atoms with Crippen molar-refractivity contribution in [2.24, 2.45) is 5.92 Å². The van der Waals surface area contributed by atoms with E-state index in [1.165, 1.54) is 0 Å². The first-order valence-electron chi connectivity index (χ1n) is 6.83. The van der Waals surface area contributed by atoms with Gasteiger partial charge in [-0.1, -0.05) is 6.92 Å². The van der Waals surface area contributed by atoms with Gasteiger partial charge in [0, 0.05) is 12.6 Å². The highest BCUT2D eigenvalue weighted by Gasteiger charge is 2.35. The summed E-state index contributed by atoms with van der Waals surface area (Å²) in [6, 6.07) is 0.236. The van der Waals surface area contributed by atoms with Gasteiger partial charge in [0.15, 0.2) is 0 Å². The van der Waals surface area contributed by atoms with Crippen LogP contribution in [0.2, 0.25) is 0 Å². The van der Waals surface area contributed by atoms with Gasteiger partial charge in [0.05, 0.1) is 5.75 Å². The van der Waals surface area contributed by atoms with Gasteiger partial charge < -0.3 is 5.32 Å². The fourth-order valence-corrected chi connectivity index (χ4v) is 4.79. The molecule has 1 aliphatic heterocycles. The van der Waals surface area contributed by atoms with E-state index in [0.29, 0.717) is 18.2 Å². The molecule has 2 fully saturated rings. The monoisotopic (exact) mass is 296 g/mol. The largest absolute Gasteiger partial charge is 0.317 e. The summed E-state index contributed by atoms with van der Waals surface area (Å²) >= 11 is 0. The Balaban J connectivity index is 0.00000162. The summed E-state index contributed by atoms with van der Waals surface area (Å²) in [6.07, 6.45) is 5.04. The average Bonchev–Trinajstić information content (AvgIpc) is 3.10. The highest BCUT2D eigenvalue weighted by Crippen LogP contribution is 2.32. The van der Waals surface area contributed by atoms with Crippen molar-refractivity contribution in [1.82, 2.24) is 9.62 Å². The summed E-state index contributed by atoms with van der Waals surface area (Å²) in [5, 5.41) is 3.29. The van der Waals surface area contributed by atoms with E-state index >= 15 is 0 Å². The van der Waals surface area contributed by atoms with E-state index in [1.54, 1.807) is 4.31 Å². The molecule has 0 aromatic carbocycles. The Morgan fingerprint density at radius 1 is 1.17 bits per heavy atom. The molecule has 6 heteroatoms. The Labute approximate surface area is 117 Å². The van der Waals surface area contributed by atoms with Crippen molar-refractivity contribution in [3.63, 3.8) is 0 Å². The zero-order valence-corrected chi connectivity index (χ0v) is 12.7. The van der Waals surface area contributed by atoms with Crippen LogP contribution in [0, 0.1) is 5.92 Å². The predicted octanol–water partition coefficient (Wildman–Crippen LogP) is 1.61. The van der Waals surface area contributed by atoms with E-state index in [9.17, 15) is 8.42 Å². The molecule has 0 radical (unpaired) electrons. The second-order valence-corrected chi connectivity index (χ2v) is 7.28. The van der Waals surface area contributed by atoms with Gasteiger partial charge in [0.1, 0.15) is 0 Å². The SMILES string of the molecule is CCCN(C1CCNCC1)S(=O)(=O)CC1CC1.Cl. The van der Waals surface area contributed by atoms with Crippen LogP contribution < -0.4 is 5.32 Å². The lowest BCUT2D eigenvalue weighted by Crippen LogP contribution is -2.47. The molecule has 1 aliphatic carbocycles. The summed E-state index contributed by atoms with van der Waals surface area (Å²) in [5.41, 5.74) is 0. The standard InChI is InChI=1S/C12H24N2O2S.ClH/c1-2-9-14(12-5-7-13-8-6-12)17(15,16)10-11-3-4-11;/h11-13H,2-10H2,1H3;1H. The number of hydrogen-bond acceptors (Lipinski definition) is 3. The van der Waals surface area contributed by atoms with Gasteiger partial charge in [-0.15, -0.1) is 12.4 Å². The Morgan fingerprint density at radius 2 is 1.78 bits per heavy atom. The molecule has 1 N–H and O–H groups in total. The maximum atomic E-state index is 12.4. The lowest BCUT2D eigenvalue weighted by Gasteiger charge is -2.33. The average molecular weight is 297 g/mol. The first kappa shape index (κ1) is 16.2. The lowest BCUT2D eigenvalue weighted by molar-refractivity contribution is 0.262. The van der Waals surface area contributed by atoms with Crippen LogP contribution in [0.3, 0.4) is 0 Å². The molecule has 2 rings (SSSR count). The molecule has 0 bridgehead atoms. The van der Waals surface area contributed by atoms with Gasteiger partial charge in [-0.3, -0.25) is 0 Å². The van der Waals surface area contributed by atoms with E-state index in [1.807, 2.05) is 0 Å². The van der Waals surface area contributed by atoms with Crippen molar-refractivity contribution >= 4 is 22.4 Å². The highest BCUT2D eigenvalue weighted by atomic mass is 35.5. The summed E-state index contributed by atoms with van der Waals surface area (Å²) in [7, 11) is -3.02. The van der Waals surface area contributed by atoms with Crippen LogP contribution in [0.5, 0.6) is 0 Å². The fraction of sp³-hybridized carbons (Fsp3) is 1.00. The van der Waals surface area contributed by atoms with E-state index in [0.717, 1.165) is 45.2 Å². The fourth-order valence-electron chi connectivity index (χ4n) is 2.54. The van der Waals surface area contributed by atoms with Gasteiger partial charge in [-0.2, -0.15) is 4.31 Å². The molecule has 0 aromatic heterocycles. The molecule has 2 aliphatic rings. The number of nitrogens with zero attached hydrogens (tertiary/aromatic N) is 1. The molecule has 0 unspecified atom stereocenters. The van der Waals surface area contributed by atoms with Gasteiger partial charge in [0.2, 0.25) is 10.0 Å². The number of halogens is 1. The minimum atomic E-state index is -3.02. The topological polar surface area (TPSA) is 49.4 Å². The van der Waals surface area contributed by atoms with Crippen LogP contribution in [0.25, 0.3) is 0 Å². The van der Waals surface area contributed by atoms with Crippen molar-refractivity contribution < 1.29 is 8.42 Å². The first-order chi connectivity index (χ1) is 8.13. The smallest absolute Gasteiger partial charge is 0.214 e. The summed E-state index contributed by atoms with van der Waals surface area (Å²) in [5.74, 6) is 0.831. The van der Waals surface area contributed by atoms with Crippen molar-refractivity contribution in [1.29, 1.82) is 0 Å². The van der Waals surface area contributed by atoms with Crippen LogP contribution >= 0.6 is 12.4 Å². The number of piperidine rings is 1. The molecular formula is C12H25ClN2O2S. The van der Waals surface area contributed by atoms with Crippen LogP contribution in [0.4, 0.5) is 0 Å². The second kappa shape index (κ2) is 7.08. The van der Waals surface area contributed by atoms with Gasteiger partial charge in [-0.05, 0) is 51.1 Å². The molecule has 0 amide bonds. The minimum absolute atomic E-state index is 0. The van der Waals surface area contributed by atoms with E-state index < -0.39 is 10.0 Å². The van der Waals surface area contributed by atoms with Gasteiger partial charge in [-0.25, -0.2) is 8.42 Å². The normalized spacial score (nSPS) is 21.9. The molecular weight excluding hydrogens is 272 g/mol. The van der Waals surface area contributed by atoms with Crippen molar-refractivity contribution in [3.8, 4) is 0 Å². The maximum Gasteiger partial charge on any atom is 0.214 e. The molecule has 4 nitrogen and oxygen atoms in total. The van der Waals surface area contributed by atoms with E-state index in [4.69, 9.17) is 0 Å². The third kappa shape index (κ3) is 4.37. The molecule has 1 saturated heterocycles. The summed E-state index contributed by atoms with van der Waals surface area (Å²) < 4.78 is 26.5. The number of nitrogens with one attached hydrogen (secondary N) is 1. The summed E-state index contributed by atoms with van der Waals surface area (Å²) in [4.78, 5) is 0. The third-order valence-corrected chi connectivity index (χ3v) is 5.75. The molecule has 108 valence electrons. The van der Waals surface area contributed by atoms with Crippen LogP contribution in [-0.2, 0) is 10.0 Å². The Bertz CT molecular complexity index is 338. The number of hydrogen-bond donors (Lipinski definition) is 1. The molecule has 1 heterocycles. The zero-order chi connectivity index (χ0) is 12.3. The Kier molecular flexibility index (Phi) is 6.38. The van der Waals surface area contributed by atoms with Crippen LogP contribution in [-0.4, -0.2) is 44.2 Å². The van der Waals surface area contributed by atoms with Crippen molar-refractivity contribution in [2.75, 3.05) is 25.4 Å². The van der Waals surface area contributed by atoms with Crippen LogP contribution in [0.1, 0.15) is 39.0 Å². The second-order valence-electron chi connectivity index (χ2n) is 5.31. The maximum absolute atomic E-state index is 12.4. The van der Waals surface area contributed by atoms with Gasteiger partial charge >= 0.3 is 0 Å². The molecule has 0 aromatic rings. The molecule has 18 heavy (non-hydrogen) atoms. The Hall–Kier alpha value is 0.160. The summed E-state index contributed by atoms with van der Waals surface area (Å²) in [6.45, 7) is 4.65. The van der Waals surface area contributed by atoms with Crippen LogP contribution in [0.15, 0.2) is 0 Å².